The van der Waals surface area contributed by atoms with Gasteiger partial charge in [0.05, 0.1) is 28.9 Å². The maximum absolute atomic E-state index is 11.2. The van der Waals surface area contributed by atoms with Crippen LogP contribution in [0.25, 0.3) is 5.57 Å². The summed E-state index contributed by atoms with van der Waals surface area (Å²) in [6.45, 7) is 6.42. The van der Waals surface area contributed by atoms with E-state index >= 15 is 0 Å². The van der Waals surface area contributed by atoms with Gasteiger partial charge in [-0.25, -0.2) is 4.79 Å². The minimum absolute atomic E-state index is 0.0947. The van der Waals surface area contributed by atoms with Crippen molar-refractivity contribution in [2.45, 2.75) is 26.3 Å². The molecule has 0 fully saturated rings. The number of carboxylic acid groups (broad SMARTS) is 1. The van der Waals surface area contributed by atoms with Crippen molar-refractivity contribution in [3.05, 3.63) is 58.1 Å². The first kappa shape index (κ1) is 20.0. The second-order valence-electron chi connectivity index (χ2n) is 7.38. The predicted octanol–water partition coefficient (Wildman–Crippen LogP) is 5.43. The highest BCUT2D eigenvalue weighted by Gasteiger charge is 2.29. The topological polar surface area (TPSA) is 62.1 Å². The number of benzene rings is 2. The summed E-state index contributed by atoms with van der Waals surface area (Å²) in [4.78, 5) is 17.8. The number of rotatable bonds is 4. The van der Waals surface area contributed by atoms with Crippen molar-refractivity contribution >= 4 is 40.7 Å². The smallest absolute Gasteiger partial charge is 0.335 e. The number of halogens is 1. The van der Waals surface area contributed by atoms with Crippen LogP contribution >= 0.6 is 11.6 Å². The zero-order chi connectivity index (χ0) is 20.6. The van der Waals surface area contributed by atoms with Crippen LogP contribution in [0.2, 0.25) is 5.02 Å². The zero-order valence-electron chi connectivity index (χ0n) is 16.6. The van der Waals surface area contributed by atoms with Crippen LogP contribution < -0.4 is 9.64 Å². The summed E-state index contributed by atoms with van der Waals surface area (Å²) in [6.07, 6.45) is 3.88. The van der Waals surface area contributed by atoms with Crippen molar-refractivity contribution in [2.24, 2.45) is 4.99 Å². The van der Waals surface area contributed by atoms with E-state index in [2.05, 4.69) is 43.8 Å². The van der Waals surface area contributed by atoms with Gasteiger partial charge in [0.25, 0.3) is 0 Å². The van der Waals surface area contributed by atoms with Gasteiger partial charge in [0.2, 0.25) is 0 Å². The van der Waals surface area contributed by atoms with Crippen molar-refractivity contribution in [1.82, 2.24) is 0 Å². The first-order valence-electron chi connectivity index (χ1n) is 8.86. The molecule has 1 N–H and O–H groups in total. The molecule has 5 nitrogen and oxygen atoms in total. The van der Waals surface area contributed by atoms with E-state index in [0.717, 1.165) is 16.8 Å². The Morgan fingerprint density at radius 2 is 2.00 bits per heavy atom. The third kappa shape index (κ3) is 3.62. The van der Waals surface area contributed by atoms with E-state index < -0.39 is 5.97 Å². The lowest BCUT2D eigenvalue weighted by Crippen LogP contribution is -2.42. The number of nitrogens with zero attached hydrogens (tertiary/aromatic N) is 2. The lowest BCUT2D eigenvalue weighted by Gasteiger charge is -2.40. The average molecular weight is 399 g/mol. The molecule has 0 amide bonds. The van der Waals surface area contributed by atoms with Crippen molar-refractivity contribution in [3.63, 3.8) is 0 Å². The molecule has 28 heavy (non-hydrogen) atoms. The molecule has 6 heteroatoms. The van der Waals surface area contributed by atoms with Crippen LogP contribution in [0.5, 0.6) is 5.75 Å². The highest BCUT2D eigenvalue weighted by atomic mass is 35.5. The maximum atomic E-state index is 11.2. The first-order chi connectivity index (χ1) is 13.1. The molecule has 0 saturated carbocycles. The second-order valence-corrected chi connectivity index (χ2v) is 7.79. The van der Waals surface area contributed by atoms with Crippen LogP contribution in [0.1, 0.15) is 42.3 Å². The molecule has 0 spiro atoms. The number of carbonyl (C=O) groups is 1. The summed E-state index contributed by atoms with van der Waals surface area (Å²) < 4.78 is 5.58. The molecule has 1 aliphatic rings. The van der Waals surface area contributed by atoms with Crippen LogP contribution in [0.15, 0.2) is 41.4 Å². The predicted molar refractivity (Wildman–Crippen MR) is 115 cm³/mol. The Kier molecular flexibility index (Phi) is 5.22. The van der Waals surface area contributed by atoms with Crippen molar-refractivity contribution in [2.75, 3.05) is 19.1 Å². The van der Waals surface area contributed by atoms with Crippen molar-refractivity contribution in [1.29, 1.82) is 0 Å². The number of aromatic carboxylic acids is 1. The van der Waals surface area contributed by atoms with Crippen LogP contribution in [0.3, 0.4) is 0 Å². The highest BCUT2D eigenvalue weighted by molar-refractivity contribution is 6.33. The molecule has 0 unspecified atom stereocenters. The van der Waals surface area contributed by atoms with Gasteiger partial charge in [0, 0.05) is 36.1 Å². The van der Waals surface area contributed by atoms with Crippen LogP contribution in [0, 0.1) is 0 Å². The Labute approximate surface area is 169 Å². The molecule has 146 valence electrons. The number of ether oxygens (including phenoxy) is 1. The number of methoxy groups -OCH3 is 1. The quantitative estimate of drug-likeness (QED) is 0.697. The molecule has 0 radical (unpaired) electrons. The number of allylic oxidation sites excluding steroid dienone is 1. The van der Waals surface area contributed by atoms with Crippen molar-refractivity contribution < 1.29 is 14.6 Å². The van der Waals surface area contributed by atoms with E-state index in [1.807, 2.05) is 12.1 Å². The number of anilines is 1. The SMILES string of the molecule is COc1cc2c(cc1C=Nc1cc(C(=O)O)ccc1Cl)C(C)=CC(C)(C)N2C. The Bertz CT molecular complexity index is 1010. The van der Waals surface area contributed by atoms with Crippen LogP contribution in [-0.2, 0) is 0 Å². The summed E-state index contributed by atoms with van der Waals surface area (Å²) in [5.74, 6) is -0.337. The van der Waals surface area contributed by atoms with Gasteiger partial charge >= 0.3 is 5.97 Å². The van der Waals surface area contributed by atoms with Gasteiger partial charge in [-0.1, -0.05) is 17.7 Å². The van der Waals surface area contributed by atoms with Gasteiger partial charge in [-0.15, -0.1) is 0 Å². The molecule has 1 heterocycles. The molecule has 2 aromatic rings. The fraction of sp³-hybridized carbons (Fsp3) is 0.273. The van der Waals surface area contributed by atoms with E-state index in [9.17, 15) is 9.90 Å². The zero-order valence-corrected chi connectivity index (χ0v) is 17.3. The second kappa shape index (κ2) is 7.32. The highest BCUT2D eigenvalue weighted by Crippen LogP contribution is 2.41. The van der Waals surface area contributed by atoms with Gasteiger partial charge in [0.15, 0.2) is 0 Å². The number of carboxylic acids is 1. The molecule has 0 aliphatic carbocycles. The summed E-state index contributed by atoms with van der Waals surface area (Å²) in [7, 11) is 3.68. The average Bonchev–Trinajstić information content (AvgIpc) is 2.64. The molecular formula is C22H23ClN2O3. The van der Waals surface area contributed by atoms with E-state index in [4.69, 9.17) is 16.3 Å². The van der Waals surface area contributed by atoms with Gasteiger partial charge in [-0.05, 0) is 50.6 Å². The number of hydrogen-bond donors (Lipinski definition) is 1. The fourth-order valence-corrected chi connectivity index (χ4v) is 3.52. The summed E-state index contributed by atoms with van der Waals surface area (Å²) in [5, 5.41) is 9.56. The normalized spacial score (nSPS) is 15.4. The molecule has 1 aliphatic heterocycles. The van der Waals surface area contributed by atoms with E-state index in [0.29, 0.717) is 16.5 Å². The number of hydrogen-bond acceptors (Lipinski definition) is 4. The summed E-state index contributed by atoms with van der Waals surface area (Å²) in [5.41, 5.74) is 4.60. The number of aliphatic imine (C=N–C) groups is 1. The van der Waals surface area contributed by atoms with Gasteiger partial charge < -0.3 is 14.7 Å². The standard InChI is InChI=1S/C22H23ClN2O3/c1-13-11-22(2,3)25(4)19-10-20(28-5)15(8-16(13)19)12-24-18-9-14(21(26)27)6-7-17(18)23/h6-12H,1-5H3,(H,26,27). The molecular weight excluding hydrogens is 376 g/mol. The van der Waals surface area contributed by atoms with E-state index in [1.54, 1.807) is 13.3 Å². The Morgan fingerprint density at radius 3 is 2.64 bits per heavy atom. The minimum Gasteiger partial charge on any atom is -0.496 e. The number of likely N-dealkylation sites (N-methyl/N-ethyl adjacent to an activating group) is 1. The van der Waals surface area contributed by atoms with Gasteiger partial charge in [-0.2, -0.15) is 0 Å². The molecule has 0 atom stereocenters. The first-order valence-corrected chi connectivity index (χ1v) is 9.24. The van der Waals surface area contributed by atoms with Crippen LogP contribution in [0.4, 0.5) is 11.4 Å². The van der Waals surface area contributed by atoms with E-state index in [-0.39, 0.29) is 11.1 Å². The summed E-state index contributed by atoms with van der Waals surface area (Å²) in [6, 6.07) is 8.47. The Morgan fingerprint density at radius 1 is 1.29 bits per heavy atom. The molecule has 0 saturated heterocycles. The molecule has 0 aromatic heterocycles. The lowest BCUT2D eigenvalue weighted by molar-refractivity contribution is 0.0697. The monoisotopic (exact) mass is 398 g/mol. The van der Waals surface area contributed by atoms with Gasteiger partial charge in [-0.3, -0.25) is 4.99 Å². The molecule has 3 rings (SSSR count). The minimum atomic E-state index is -1.02. The molecule has 0 bridgehead atoms. The third-order valence-corrected chi connectivity index (χ3v) is 5.42. The third-order valence-electron chi connectivity index (χ3n) is 5.10. The Hall–Kier alpha value is -2.79. The Balaban J connectivity index is 2.07. The largest absolute Gasteiger partial charge is 0.496 e. The fourth-order valence-electron chi connectivity index (χ4n) is 3.36. The molecule has 2 aromatic carbocycles. The van der Waals surface area contributed by atoms with Crippen LogP contribution in [-0.4, -0.2) is 37.0 Å². The maximum Gasteiger partial charge on any atom is 0.335 e. The number of fused-ring (bicyclic) bond motifs is 1. The summed E-state index contributed by atoms with van der Waals surface area (Å²) >= 11 is 6.18. The lowest BCUT2D eigenvalue weighted by atomic mass is 9.88. The van der Waals surface area contributed by atoms with Gasteiger partial charge in [0.1, 0.15) is 5.75 Å². The van der Waals surface area contributed by atoms with E-state index in [1.165, 1.54) is 23.8 Å². The van der Waals surface area contributed by atoms with Crippen molar-refractivity contribution in [3.8, 4) is 5.75 Å².